The molecule has 0 amide bonds. The monoisotopic (exact) mass is 191 g/mol. The largest absolute Gasteiger partial charge is 0.302 e. The van der Waals surface area contributed by atoms with Crippen LogP contribution < -0.4 is 0 Å². The Morgan fingerprint density at radius 2 is 2.07 bits per heavy atom. The molecule has 1 aromatic rings. The summed E-state index contributed by atoms with van der Waals surface area (Å²) < 4.78 is 0. The fourth-order valence-corrected chi connectivity index (χ4v) is 1.45. The van der Waals surface area contributed by atoms with Crippen molar-refractivity contribution in [1.29, 1.82) is 0 Å². The molecule has 2 heteroatoms. The zero-order valence-corrected chi connectivity index (χ0v) is 9.08. The Morgan fingerprint density at radius 3 is 2.71 bits per heavy atom. The summed E-state index contributed by atoms with van der Waals surface area (Å²) in [5, 5.41) is 0. The smallest absolute Gasteiger partial charge is 0.133 e. The van der Waals surface area contributed by atoms with Crippen molar-refractivity contribution in [3.63, 3.8) is 0 Å². The normalized spacial score (nSPS) is 10.6. The predicted octanol–water partition coefficient (Wildman–Crippen LogP) is 1.93. The van der Waals surface area contributed by atoms with Gasteiger partial charge in [0.2, 0.25) is 0 Å². The number of aryl methyl sites for hydroxylation is 2. The van der Waals surface area contributed by atoms with Crippen molar-refractivity contribution < 1.29 is 4.79 Å². The van der Waals surface area contributed by atoms with Crippen LogP contribution in [0.5, 0.6) is 0 Å². The molecular formula is C12H17NO. The number of carbonyl (C=O) groups is 1. The Hall–Kier alpha value is -1.15. The standard InChI is InChI=1S/C12H17NO/c1-10-4-5-11(2)12(8-10)9-13(3)6-7-14/h4-5,7-8H,6,9H2,1-3H3. The lowest BCUT2D eigenvalue weighted by Crippen LogP contribution is -2.20. The van der Waals surface area contributed by atoms with Crippen LogP contribution in [-0.2, 0) is 11.3 Å². The summed E-state index contributed by atoms with van der Waals surface area (Å²) in [5.41, 5.74) is 3.85. The van der Waals surface area contributed by atoms with Crippen molar-refractivity contribution in [2.75, 3.05) is 13.6 Å². The summed E-state index contributed by atoms with van der Waals surface area (Å²) in [4.78, 5) is 12.3. The van der Waals surface area contributed by atoms with Gasteiger partial charge in [-0.25, -0.2) is 0 Å². The summed E-state index contributed by atoms with van der Waals surface area (Å²) >= 11 is 0. The molecule has 0 spiro atoms. The summed E-state index contributed by atoms with van der Waals surface area (Å²) in [6.07, 6.45) is 0.936. The van der Waals surface area contributed by atoms with E-state index in [1.165, 1.54) is 16.7 Å². The van der Waals surface area contributed by atoms with Crippen molar-refractivity contribution in [2.45, 2.75) is 20.4 Å². The second-order valence-electron chi connectivity index (χ2n) is 3.79. The Labute approximate surface area is 85.5 Å². The Morgan fingerprint density at radius 1 is 1.36 bits per heavy atom. The minimum atomic E-state index is 0.493. The maximum Gasteiger partial charge on any atom is 0.133 e. The molecule has 0 saturated heterocycles. The maximum atomic E-state index is 10.3. The average molecular weight is 191 g/mol. The van der Waals surface area contributed by atoms with Gasteiger partial charge in [-0.2, -0.15) is 0 Å². The van der Waals surface area contributed by atoms with E-state index < -0.39 is 0 Å². The maximum absolute atomic E-state index is 10.3. The van der Waals surface area contributed by atoms with Crippen LogP contribution >= 0.6 is 0 Å². The highest BCUT2D eigenvalue weighted by atomic mass is 16.1. The van der Waals surface area contributed by atoms with E-state index in [0.29, 0.717) is 6.54 Å². The van der Waals surface area contributed by atoms with Gasteiger partial charge in [-0.05, 0) is 32.0 Å². The highest BCUT2D eigenvalue weighted by molar-refractivity contribution is 5.51. The molecule has 0 atom stereocenters. The van der Waals surface area contributed by atoms with Crippen molar-refractivity contribution in [1.82, 2.24) is 4.90 Å². The molecule has 0 aliphatic carbocycles. The van der Waals surface area contributed by atoms with Gasteiger partial charge >= 0.3 is 0 Å². The molecule has 0 N–H and O–H groups in total. The molecule has 76 valence electrons. The lowest BCUT2D eigenvalue weighted by atomic mass is 10.1. The fraction of sp³-hybridized carbons (Fsp3) is 0.417. The lowest BCUT2D eigenvalue weighted by molar-refractivity contribution is -0.108. The van der Waals surface area contributed by atoms with Crippen molar-refractivity contribution in [3.8, 4) is 0 Å². The minimum absolute atomic E-state index is 0.493. The van der Waals surface area contributed by atoms with Crippen LogP contribution in [0.15, 0.2) is 18.2 Å². The zero-order chi connectivity index (χ0) is 10.6. The van der Waals surface area contributed by atoms with Crippen molar-refractivity contribution in [3.05, 3.63) is 34.9 Å². The van der Waals surface area contributed by atoms with Gasteiger partial charge in [0.25, 0.3) is 0 Å². The molecule has 0 aliphatic rings. The molecule has 0 heterocycles. The molecule has 2 nitrogen and oxygen atoms in total. The van der Waals surface area contributed by atoms with Crippen LogP contribution in [0.3, 0.4) is 0 Å². The molecule has 0 aliphatic heterocycles. The van der Waals surface area contributed by atoms with E-state index in [0.717, 1.165) is 12.8 Å². The number of aldehydes is 1. The second kappa shape index (κ2) is 4.91. The van der Waals surface area contributed by atoms with Crippen LogP contribution in [0.1, 0.15) is 16.7 Å². The Kier molecular flexibility index (Phi) is 3.84. The second-order valence-corrected chi connectivity index (χ2v) is 3.79. The zero-order valence-electron chi connectivity index (χ0n) is 9.08. The summed E-state index contributed by atoms with van der Waals surface area (Å²) in [6.45, 7) is 5.52. The van der Waals surface area contributed by atoms with Crippen LogP contribution in [0.4, 0.5) is 0 Å². The van der Waals surface area contributed by atoms with E-state index in [4.69, 9.17) is 0 Å². The van der Waals surface area contributed by atoms with E-state index >= 15 is 0 Å². The summed E-state index contributed by atoms with van der Waals surface area (Å²) in [7, 11) is 1.95. The molecule has 0 radical (unpaired) electrons. The fourth-order valence-electron chi connectivity index (χ4n) is 1.45. The van der Waals surface area contributed by atoms with E-state index in [1.54, 1.807) is 0 Å². The molecule has 0 saturated carbocycles. The van der Waals surface area contributed by atoms with Gasteiger partial charge in [0, 0.05) is 6.54 Å². The first-order valence-corrected chi connectivity index (χ1v) is 4.82. The first kappa shape index (κ1) is 10.9. The third-order valence-electron chi connectivity index (χ3n) is 2.33. The Bertz CT molecular complexity index is 320. The van der Waals surface area contributed by atoms with Gasteiger partial charge in [-0.3, -0.25) is 4.90 Å². The van der Waals surface area contributed by atoms with Gasteiger partial charge in [-0.15, -0.1) is 0 Å². The predicted molar refractivity (Wildman–Crippen MR) is 58.3 cm³/mol. The van der Waals surface area contributed by atoms with Gasteiger partial charge in [0.1, 0.15) is 6.29 Å². The van der Waals surface area contributed by atoms with Crippen LogP contribution in [-0.4, -0.2) is 24.8 Å². The molecule has 0 unspecified atom stereocenters. The van der Waals surface area contributed by atoms with Crippen LogP contribution in [0.25, 0.3) is 0 Å². The van der Waals surface area contributed by atoms with Crippen LogP contribution in [0.2, 0.25) is 0 Å². The molecule has 0 bridgehead atoms. The SMILES string of the molecule is Cc1ccc(C)c(CN(C)CC=O)c1. The molecule has 14 heavy (non-hydrogen) atoms. The summed E-state index contributed by atoms with van der Waals surface area (Å²) in [5.74, 6) is 0. The van der Waals surface area contributed by atoms with Crippen LogP contribution in [0, 0.1) is 13.8 Å². The summed E-state index contributed by atoms with van der Waals surface area (Å²) in [6, 6.07) is 6.41. The lowest BCUT2D eigenvalue weighted by Gasteiger charge is -2.15. The molecule has 1 aromatic carbocycles. The minimum Gasteiger partial charge on any atom is -0.302 e. The number of nitrogens with zero attached hydrogens (tertiary/aromatic N) is 1. The van der Waals surface area contributed by atoms with E-state index in [9.17, 15) is 4.79 Å². The first-order valence-electron chi connectivity index (χ1n) is 4.82. The van der Waals surface area contributed by atoms with Gasteiger partial charge in [0.15, 0.2) is 0 Å². The van der Waals surface area contributed by atoms with Gasteiger partial charge in [-0.1, -0.05) is 23.8 Å². The quantitative estimate of drug-likeness (QED) is 0.678. The first-order chi connectivity index (χ1) is 6.63. The van der Waals surface area contributed by atoms with Crippen molar-refractivity contribution >= 4 is 6.29 Å². The number of rotatable bonds is 4. The van der Waals surface area contributed by atoms with E-state index in [-0.39, 0.29) is 0 Å². The number of likely N-dealkylation sites (N-methyl/N-ethyl adjacent to an activating group) is 1. The highest BCUT2D eigenvalue weighted by Gasteiger charge is 2.02. The van der Waals surface area contributed by atoms with E-state index in [1.807, 2.05) is 11.9 Å². The van der Waals surface area contributed by atoms with Crippen molar-refractivity contribution in [2.24, 2.45) is 0 Å². The Balaban J connectivity index is 2.74. The topological polar surface area (TPSA) is 20.3 Å². The number of hydrogen-bond acceptors (Lipinski definition) is 2. The highest BCUT2D eigenvalue weighted by Crippen LogP contribution is 2.12. The number of hydrogen-bond donors (Lipinski definition) is 0. The molecule has 1 rings (SSSR count). The molecule has 0 aromatic heterocycles. The average Bonchev–Trinajstić information content (AvgIpc) is 2.12. The van der Waals surface area contributed by atoms with E-state index in [2.05, 4.69) is 32.0 Å². The van der Waals surface area contributed by atoms with Gasteiger partial charge in [0.05, 0.1) is 6.54 Å². The molecule has 0 fully saturated rings. The third-order valence-corrected chi connectivity index (χ3v) is 2.33. The number of benzene rings is 1. The molecular weight excluding hydrogens is 174 g/mol. The van der Waals surface area contributed by atoms with Gasteiger partial charge < -0.3 is 4.79 Å². The third kappa shape index (κ3) is 2.96. The number of carbonyl (C=O) groups excluding carboxylic acids is 1.